The molecule has 0 spiro atoms. The summed E-state index contributed by atoms with van der Waals surface area (Å²) in [4.78, 5) is 13.2. The van der Waals surface area contributed by atoms with E-state index in [0.29, 0.717) is 17.3 Å². The predicted molar refractivity (Wildman–Crippen MR) is 112 cm³/mol. The molecule has 0 radical (unpaired) electrons. The predicted octanol–water partition coefficient (Wildman–Crippen LogP) is 5.20. The zero-order chi connectivity index (χ0) is 21.1. The monoisotopic (exact) mass is 434 g/mol. The van der Waals surface area contributed by atoms with Gasteiger partial charge in [-0.1, -0.05) is 24.3 Å². The Morgan fingerprint density at radius 2 is 1.77 bits per heavy atom. The number of thiophene rings is 1. The zero-order valence-electron chi connectivity index (χ0n) is 16.1. The Hall–Kier alpha value is -2.58. The number of benzene rings is 2. The molecule has 2 heterocycles. The molecular weight excluding hydrogens is 413 g/mol. The van der Waals surface area contributed by atoms with Crippen LogP contribution in [0.15, 0.2) is 48.5 Å². The van der Waals surface area contributed by atoms with E-state index in [9.17, 15) is 18.0 Å². The molecule has 2 N–H and O–H groups in total. The van der Waals surface area contributed by atoms with Crippen LogP contribution in [0.2, 0.25) is 0 Å². The van der Waals surface area contributed by atoms with E-state index < -0.39 is 6.36 Å². The minimum Gasteiger partial charge on any atom is -0.406 e. The van der Waals surface area contributed by atoms with Gasteiger partial charge in [0.15, 0.2) is 0 Å². The van der Waals surface area contributed by atoms with Crippen molar-refractivity contribution in [2.45, 2.75) is 19.2 Å². The van der Waals surface area contributed by atoms with E-state index in [0.717, 1.165) is 47.1 Å². The average molecular weight is 434 g/mol. The number of hydrogen-bond acceptors (Lipinski definition) is 4. The standard InChI is InChI=1S/C22H21F3N2O2S/c23-22(24,25)29-18-5-3-15(4-6-18)16-1-2-17-12-20(30-19(17)11-16)21(28)27-13-14-7-9-26-10-8-14/h1-6,11-12,14,26H,7-10,13H2,(H,27,28). The number of carbonyl (C=O) groups excluding carboxylic acids is 1. The first-order valence-corrected chi connectivity index (χ1v) is 10.6. The Bertz CT molecular complexity index is 1030. The van der Waals surface area contributed by atoms with Crippen molar-refractivity contribution in [3.8, 4) is 16.9 Å². The van der Waals surface area contributed by atoms with Crippen LogP contribution in [0.25, 0.3) is 21.2 Å². The molecule has 8 heteroatoms. The maximum atomic E-state index is 12.5. The normalized spacial score (nSPS) is 15.3. The van der Waals surface area contributed by atoms with Gasteiger partial charge in [-0.3, -0.25) is 4.79 Å². The van der Waals surface area contributed by atoms with E-state index in [2.05, 4.69) is 15.4 Å². The van der Waals surface area contributed by atoms with Crippen LogP contribution < -0.4 is 15.4 Å². The first-order chi connectivity index (χ1) is 14.4. The van der Waals surface area contributed by atoms with E-state index in [4.69, 9.17) is 0 Å². The van der Waals surface area contributed by atoms with Crippen LogP contribution in [-0.2, 0) is 0 Å². The highest BCUT2D eigenvalue weighted by atomic mass is 32.1. The number of nitrogens with one attached hydrogen (secondary N) is 2. The lowest BCUT2D eigenvalue weighted by Gasteiger charge is -2.22. The maximum absolute atomic E-state index is 12.5. The summed E-state index contributed by atoms with van der Waals surface area (Å²) in [6, 6.07) is 13.4. The summed E-state index contributed by atoms with van der Waals surface area (Å²) < 4.78 is 41.8. The quantitative estimate of drug-likeness (QED) is 0.581. The third-order valence-electron chi connectivity index (χ3n) is 5.18. The van der Waals surface area contributed by atoms with E-state index in [1.165, 1.54) is 23.5 Å². The number of hydrogen-bond donors (Lipinski definition) is 2. The summed E-state index contributed by atoms with van der Waals surface area (Å²) in [6.07, 6.45) is -2.56. The third-order valence-corrected chi connectivity index (χ3v) is 6.27. The Morgan fingerprint density at radius 3 is 2.47 bits per heavy atom. The fraction of sp³-hybridized carbons (Fsp3) is 0.318. The largest absolute Gasteiger partial charge is 0.573 e. The topological polar surface area (TPSA) is 50.4 Å². The molecule has 1 fully saturated rings. The second-order valence-corrected chi connectivity index (χ2v) is 8.42. The van der Waals surface area contributed by atoms with Gasteiger partial charge in [-0.25, -0.2) is 0 Å². The van der Waals surface area contributed by atoms with Crippen LogP contribution >= 0.6 is 11.3 Å². The second kappa shape index (κ2) is 8.65. The first kappa shape index (κ1) is 20.7. The van der Waals surface area contributed by atoms with Gasteiger partial charge in [0, 0.05) is 11.2 Å². The average Bonchev–Trinajstić information content (AvgIpc) is 3.16. The zero-order valence-corrected chi connectivity index (χ0v) is 16.9. The summed E-state index contributed by atoms with van der Waals surface area (Å²) in [5.41, 5.74) is 1.64. The first-order valence-electron chi connectivity index (χ1n) is 9.76. The molecule has 0 aliphatic carbocycles. The van der Waals surface area contributed by atoms with Crippen molar-refractivity contribution in [2.24, 2.45) is 5.92 Å². The van der Waals surface area contributed by atoms with Gasteiger partial charge in [0.2, 0.25) is 0 Å². The highest BCUT2D eigenvalue weighted by molar-refractivity contribution is 7.20. The van der Waals surface area contributed by atoms with Gasteiger partial charge >= 0.3 is 6.36 Å². The van der Waals surface area contributed by atoms with E-state index in [1.807, 2.05) is 24.3 Å². The van der Waals surface area contributed by atoms with Crippen molar-refractivity contribution in [1.82, 2.24) is 10.6 Å². The molecule has 0 bridgehead atoms. The van der Waals surface area contributed by atoms with Crippen molar-refractivity contribution in [2.75, 3.05) is 19.6 Å². The lowest BCUT2D eigenvalue weighted by Crippen LogP contribution is -2.35. The van der Waals surface area contributed by atoms with Gasteiger partial charge < -0.3 is 15.4 Å². The molecule has 4 nitrogen and oxygen atoms in total. The Labute approximate surface area is 176 Å². The number of amides is 1. The van der Waals surface area contributed by atoms with Crippen LogP contribution in [0.5, 0.6) is 5.75 Å². The lowest BCUT2D eigenvalue weighted by atomic mass is 9.98. The molecule has 3 aromatic rings. The van der Waals surface area contributed by atoms with Crippen molar-refractivity contribution in [3.05, 3.63) is 53.4 Å². The summed E-state index contributed by atoms with van der Waals surface area (Å²) in [5, 5.41) is 7.32. The number of piperidine rings is 1. The van der Waals surface area contributed by atoms with Gasteiger partial charge in [-0.15, -0.1) is 24.5 Å². The van der Waals surface area contributed by atoms with Crippen LogP contribution in [0.1, 0.15) is 22.5 Å². The molecule has 1 aliphatic heterocycles. The number of ether oxygens (including phenoxy) is 1. The molecule has 0 saturated carbocycles. The summed E-state index contributed by atoms with van der Waals surface area (Å²) >= 11 is 1.41. The van der Waals surface area contributed by atoms with Crippen LogP contribution in [0.4, 0.5) is 13.2 Å². The third kappa shape index (κ3) is 5.12. The Morgan fingerprint density at radius 1 is 1.07 bits per heavy atom. The van der Waals surface area contributed by atoms with E-state index in [1.54, 1.807) is 12.1 Å². The number of fused-ring (bicyclic) bond motifs is 1. The number of rotatable bonds is 5. The summed E-state index contributed by atoms with van der Waals surface area (Å²) in [6.45, 7) is 2.68. The summed E-state index contributed by atoms with van der Waals surface area (Å²) in [7, 11) is 0. The number of alkyl halides is 3. The smallest absolute Gasteiger partial charge is 0.406 e. The summed E-state index contributed by atoms with van der Waals surface area (Å²) in [5.74, 6) is 0.196. The minimum absolute atomic E-state index is 0.0649. The van der Waals surface area contributed by atoms with Gasteiger partial charge in [0.05, 0.1) is 4.88 Å². The molecule has 4 rings (SSSR count). The van der Waals surface area contributed by atoms with Crippen LogP contribution in [0, 0.1) is 5.92 Å². The molecular formula is C22H21F3N2O2S. The second-order valence-electron chi connectivity index (χ2n) is 7.34. The highest BCUT2D eigenvalue weighted by Crippen LogP contribution is 2.32. The van der Waals surface area contributed by atoms with Crippen LogP contribution in [-0.4, -0.2) is 31.9 Å². The van der Waals surface area contributed by atoms with Gasteiger partial charge in [-0.05, 0) is 72.6 Å². The molecule has 30 heavy (non-hydrogen) atoms. The molecule has 2 aromatic carbocycles. The van der Waals surface area contributed by atoms with Gasteiger partial charge in [-0.2, -0.15) is 0 Å². The van der Waals surface area contributed by atoms with Gasteiger partial charge in [0.1, 0.15) is 5.75 Å². The minimum atomic E-state index is -4.71. The molecule has 0 unspecified atom stereocenters. The molecule has 1 aromatic heterocycles. The fourth-order valence-electron chi connectivity index (χ4n) is 3.58. The molecule has 0 atom stereocenters. The highest BCUT2D eigenvalue weighted by Gasteiger charge is 2.31. The molecule has 1 aliphatic rings. The lowest BCUT2D eigenvalue weighted by molar-refractivity contribution is -0.274. The molecule has 1 saturated heterocycles. The molecule has 158 valence electrons. The Kier molecular flexibility index (Phi) is 5.97. The van der Waals surface area contributed by atoms with E-state index >= 15 is 0 Å². The van der Waals surface area contributed by atoms with Crippen molar-refractivity contribution >= 4 is 27.3 Å². The van der Waals surface area contributed by atoms with Crippen molar-refractivity contribution in [3.63, 3.8) is 0 Å². The van der Waals surface area contributed by atoms with Crippen molar-refractivity contribution < 1.29 is 22.7 Å². The number of carbonyl (C=O) groups is 1. The Balaban J connectivity index is 1.46. The maximum Gasteiger partial charge on any atom is 0.573 e. The van der Waals surface area contributed by atoms with E-state index in [-0.39, 0.29) is 11.7 Å². The fourth-order valence-corrected chi connectivity index (χ4v) is 4.60. The van der Waals surface area contributed by atoms with Crippen molar-refractivity contribution in [1.29, 1.82) is 0 Å². The van der Waals surface area contributed by atoms with Crippen LogP contribution in [0.3, 0.4) is 0 Å². The number of halogens is 3. The SMILES string of the molecule is O=C(NCC1CCNCC1)c1cc2ccc(-c3ccc(OC(F)(F)F)cc3)cc2s1. The van der Waals surface area contributed by atoms with Gasteiger partial charge in [0.25, 0.3) is 5.91 Å². The molecule has 1 amide bonds.